The van der Waals surface area contributed by atoms with Crippen molar-refractivity contribution in [3.8, 4) is 17.0 Å². The van der Waals surface area contributed by atoms with Gasteiger partial charge in [-0.15, -0.1) is 13.2 Å². The number of amides is 1. The number of halogens is 4. The number of benzene rings is 1. The second kappa shape index (κ2) is 7.37. The van der Waals surface area contributed by atoms with Crippen LogP contribution in [0.15, 0.2) is 41.5 Å². The van der Waals surface area contributed by atoms with Crippen molar-refractivity contribution in [2.45, 2.75) is 32.5 Å². The lowest BCUT2D eigenvalue weighted by molar-refractivity contribution is -0.275. The van der Waals surface area contributed by atoms with Crippen LogP contribution in [0.25, 0.3) is 11.3 Å². The van der Waals surface area contributed by atoms with E-state index in [2.05, 4.69) is 19.6 Å². The monoisotopic (exact) mass is 421 g/mol. The number of nitrogens with zero attached hydrogens (tertiary/aromatic N) is 3. The quantitative estimate of drug-likeness (QED) is 0.671. The van der Waals surface area contributed by atoms with Crippen LogP contribution in [0, 0.1) is 11.2 Å². The van der Waals surface area contributed by atoms with Gasteiger partial charge in [0.2, 0.25) is 5.91 Å². The van der Waals surface area contributed by atoms with E-state index in [9.17, 15) is 22.4 Å². The smallest absolute Gasteiger partial charge is 0.403 e. The van der Waals surface area contributed by atoms with Gasteiger partial charge in [0.15, 0.2) is 11.6 Å². The molecule has 0 bridgehead atoms. The zero-order valence-corrected chi connectivity index (χ0v) is 16.2. The highest BCUT2D eigenvalue weighted by molar-refractivity contribution is 6.01. The van der Waals surface area contributed by atoms with Gasteiger partial charge in [0, 0.05) is 55.0 Å². The molecule has 0 atom stereocenters. The molecule has 0 radical (unpaired) electrons. The average Bonchev–Trinajstić information content (AvgIpc) is 3.44. The lowest BCUT2D eigenvalue weighted by Crippen LogP contribution is -2.42. The van der Waals surface area contributed by atoms with Crippen LogP contribution in [-0.2, 0) is 4.79 Å². The highest BCUT2D eigenvalue weighted by Crippen LogP contribution is 2.51. The summed E-state index contributed by atoms with van der Waals surface area (Å²) in [5, 5.41) is 0. The SMILES string of the molecule is CC(=O)N=C1CCN(c2ccnc(-c3ccc(OC(F)(F)F)c(F)c3)c2)CC12CC2. The second-order valence-corrected chi connectivity index (χ2v) is 7.62. The zero-order valence-electron chi connectivity index (χ0n) is 16.2. The summed E-state index contributed by atoms with van der Waals surface area (Å²) in [7, 11) is 0. The molecule has 1 spiro atoms. The summed E-state index contributed by atoms with van der Waals surface area (Å²) in [6, 6.07) is 6.87. The van der Waals surface area contributed by atoms with Crippen LogP contribution < -0.4 is 9.64 Å². The minimum Gasteiger partial charge on any atom is -0.403 e. The van der Waals surface area contributed by atoms with Crippen LogP contribution in [0.3, 0.4) is 0 Å². The summed E-state index contributed by atoms with van der Waals surface area (Å²) in [6.45, 7) is 2.87. The molecule has 2 fully saturated rings. The number of anilines is 1. The van der Waals surface area contributed by atoms with E-state index in [0.29, 0.717) is 24.2 Å². The summed E-state index contributed by atoms with van der Waals surface area (Å²) in [4.78, 5) is 22.0. The van der Waals surface area contributed by atoms with Crippen LogP contribution in [0.5, 0.6) is 5.75 Å². The average molecular weight is 421 g/mol. The number of piperidine rings is 1. The largest absolute Gasteiger partial charge is 0.573 e. The number of carbonyl (C=O) groups excluding carboxylic acids is 1. The Balaban J connectivity index is 1.56. The van der Waals surface area contributed by atoms with Crippen molar-refractivity contribution in [2.75, 3.05) is 18.0 Å². The molecule has 2 heterocycles. The van der Waals surface area contributed by atoms with Gasteiger partial charge in [0.1, 0.15) is 0 Å². The zero-order chi connectivity index (χ0) is 21.5. The third-order valence-electron chi connectivity index (χ3n) is 5.43. The number of hydrogen-bond donors (Lipinski definition) is 0. The number of rotatable bonds is 3. The Morgan fingerprint density at radius 3 is 2.63 bits per heavy atom. The van der Waals surface area contributed by atoms with Gasteiger partial charge >= 0.3 is 6.36 Å². The van der Waals surface area contributed by atoms with Crippen LogP contribution in [0.4, 0.5) is 23.2 Å². The molecule has 1 amide bonds. The molecule has 4 rings (SSSR count). The van der Waals surface area contributed by atoms with Gasteiger partial charge < -0.3 is 9.64 Å². The van der Waals surface area contributed by atoms with E-state index >= 15 is 0 Å². The molecule has 0 N–H and O–H groups in total. The van der Waals surface area contributed by atoms with Gasteiger partial charge in [0.25, 0.3) is 0 Å². The number of alkyl halides is 3. The molecule has 1 aliphatic carbocycles. The first-order valence-corrected chi connectivity index (χ1v) is 9.50. The summed E-state index contributed by atoms with van der Waals surface area (Å²) in [6.07, 6.45) is -0.715. The Labute approximate surface area is 170 Å². The highest BCUT2D eigenvalue weighted by Gasteiger charge is 2.50. The standard InChI is InChI=1S/C21H19F4N3O2/c1-13(29)27-19-5-9-28(12-20(19)6-7-20)15-4-8-26-17(11-15)14-2-3-18(16(22)10-14)30-21(23,24)25/h2-4,8,10-11H,5-7,9,12H2,1H3. The first kappa shape index (κ1) is 20.3. The van der Waals surface area contributed by atoms with Crippen molar-refractivity contribution in [1.29, 1.82) is 0 Å². The predicted octanol–water partition coefficient (Wildman–Crippen LogP) is 4.76. The summed E-state index contributed by atoms with van der Waals surface area (Å²) >= 11 is 0. The number of aromatic nitrogens is 1. The maximum absolute atomic E-state index is 14.1. The van der Waals surface area contributed by atoms with Crippen molar-refractivity contribution >= 4 is 17.3 Å². The molecule has 5 nitrogen and oxygen atoms in total. The number of aliphatic imine (C=N–C) groups is 1. The van der Waals surface area contributed by atoms with Crippen molar-refractivity contribution < 1.29 is 27.1 Å². The van der Waals surface area contributed by atoms with Crippen molar-refractivity contribution in [3.05, 3.63) is 42.3 Å². The normalized spacial score (nSPS) is 19.2. The summed E-state index contributed by atoms with van der Waals surface area (Å²) < 4.78 is 54.8. The molecule has 1 saturated heterocycles. The van der Waals surface area contributed by atoms with E-state index < -0.39 is 17.9 Å². The van der Waals surface area contributed by atoms with Crippen LogP contribution >= 0.6 is 0 Å². The fourth-order valence-corrected chi connectivity index (χ4v) is 3.87. The topological polar surface area (TPSA) is 54.8 Å². The van der Waals surface area contributed by atoms with E-state index in [1.165, 1.54) is 13.0 Å². The number of ether oxygens (including phenoxy) is 1. The Hall–Kier alpha value is -2.97. The van der Waals surface area contributed by atoms with Gasteiger partial charge in [0.05, 0.1) is 5.69 Å². The first-order valence-electron chi connectivity index (χ1n) is 9.50. The summed E-state index contributed by atoms with van der Waals surface area (Å²) in [5.41, 5.74) is 2.57. The van der Waals surface area contributed by atoms with Crippen LogP contribution in [-0.4, -0.2) is 36.1 Å². The van der Waals surface area contributed by atoms with Gasteiger partial charge in [-0.05, 0) is 43.2 Å². The molecule has 2 aliphatic rings. The number of pyridine rings is 1. The maximum atomic E-state index is 14.1. The van der Waals surface area contributed by atoms with Gasteiger partial charge in [-0.3, -0.25) is 9.78 Å². The van der Waals surface area contributed by atoms with Crippen LogP contribution in [0.2, 0.25) is 0 Å². The minimum absolute atomic E-state index is 0.0595. The second-order valence-electron chi connectivity index (χ2n) is 7.62. The fraction of sp³-hybridized carbons (Fsp3) is 0.381. The Morgan fingerprint density at radius 1 is 1.23 bits per heavy atom. The molecule has 158 valence electrons. The molecular formula is C21H19F4N3O2. The third-order valence-corrected chi connectivity index (χ3v) is 5.43. The molecule has 1 aromatic heterocycles. The van der Waals surface area contributed by atoms with Gasteiger partial charge in [-0.2, -0.15) is 0 Å². The molecule has 1 saturated carbocycles. The Kier molecular flexibility index (Phi) is 4.99. The lowest BCUT2D eigenvalue weighted by atomic mass is 9.91. The van der Waals surface area contributed by atoms with E-state index in [1.54, 1.807) is 12.3 Å². The molecular weight excluding hydrogens is 402 g/mol. The van der Waals surface area contributed by atoms with Crippen molar-refractivity contribution in [3.63, 3.8) is 0 Å². The lowest BCUT2D eigenvalue weighted by Gasteiger charge is -2.35. The van der Waals surface area contributed by atoms with E-state index in [4.69, 9.17) is 0 Å². The van der Waals surface area contributed by atoms with E-state index in [0.717, 1.165) is 42.9 Å². The first-order chi connectivity index (χ1) is 14.2. The highest BCUT2D eigenvalue weighted by atomic mass is 19.4. The Morgan fingerprint density at radius 2 is 2.00 bits per heavy atom. The number of carbonyl (C=O) groups is 1. The van der Waals surface area contributed by atoms with Crippen molar-refractivity contribution in [1.82, 2.24) is 4.98 Å². The molecule has 0 unspecified atom stereocenters. The fourth-order valence-electron chi connectivity index (χ4n) is 3.87. The maximum Gasteiger partial charge on any atom is 0.573 e. The van der Waals surface area contributed by atoms with E-state index in [1.807, 2.05) is 6.07 Å². The van der Waals surface area contributed by atoms with Gasteiger partial charge in [-0.25, -0.2) is 9.38 Å². The summed E-state index contributed by atoms with van der Waals surface area (Å²) in [5.74, 6) is -2.18. The van der Waals surface area contributed by atoms with E-state index in [-0.39, 0.29) is 11.3 Å². The Bertz CT molecular complexity index is 1020. The molecule has 2 aromatic rings. The predicted molar refractivity (Wildman–Crippen MR) is 103 cm³/mol. The number of hydrogen-bond acceptors (Lipinski definition) is 4. The molecule has 1 aromatic carbocycles. The molecule has 1 aliphatic heterocycles. The minimum atomic E-state index is -4.96. The van der Waals surface area contributed by atoms with Gasteiger partial charge in [-0.1, -0.05) is 0 Å². The van der Waals surface area contributed by atoms with Crippen LogP contribution in [0.1, 0.15) is 26.2 Å². The third kappa shape index (κ3) is 4.29. The molecule has 30 heavy (non-hydrogen) atoms. The van der Waals surface area contributed by atoms with Crippen molar-refractivity contribution in [2.24, 2.45) is 10.4 Å². The molecule has 9 heteroatoms.